The lowest BCUT2D eigenvalue weighted by molar-refractivity contribution is -0.139. The van der Waals surface area contributed by atoms with E-state index in [2.05, 4.69) is 15.6 Å². The molecular weight excluding hydrogens is 452 g/mol. The zero-order valence-corrected chi connectivity index (χ0v) is 18.8. The minimum atomic E-state index is -1.10. The van der Waals surface area contributed by atoms with E-state index in [0.29, 0.717) is 40.0 Å². The van der Waals surface area contributed by atoms with E-state index in [0.717, 1.165) is 0 Å². The van der Waals surface area contributed by atoms with Crippen molar-refractivity contribution < 1.29 is 23.9 Å². The van der Waals surface area contributed by atoms with Gasteiger partial charge in [-0.15, -0.1) is 11.3 Å². The molecule has 9 nitrogen and oxygen atoms in total. The number of aromatic nitrogens is 1. The van der Waals surface area contributed by atoms with E-state index in [9.17, 15) is 19.5 Å². The Kier molecular flexibility index (Phi) is 7.90. The predicted octanol–water partition coefficient (Wildman–Crippen LogP) is 3.10. The van der Waals surface area contributed by atoms with E-state index in [-0.39, 0.29) is 17.9 Å². The summed E-state index contributed by atoms with van der Waals surface area (Å²) in [5.74, 6) is -0.924. The molecule has 2 heterocycles. The fourth-order valence-corrected chi connectivity index (χ4v) is 3.99. The quantitative estimate of drug-likeness (QED) is 0.350. The van der Waals surface area contributed by atoms with Crippen LogP contribution in [0.25, 0.3) is 11.3 Å². The summed E-state index contributed by atoms with van der Waals surface area (Å²) in [6.07, 6.45) is 3.69. The molecule has 0 bridgehead atoms. The molecule has 0 spiro atoms. The molecule has 2 aromatic heterocycles. The van der Waals surface area contributed by atoms with Crippen LogP contribution in [0.4, 0.5) is 10.8 Å². The maximum absolute atomic E-state index is 12.9. The van der Waals surface area contributed by atoms with Crippen molar-refractivity contribution in [1.82, 2.24) is 10.3 Å². The maximum atomic E-state index is 12.9. The van der Waals surface area contributed by atoms with Crippen molar-refractivity contribution in [2.75, 3.05) is 23.1 Å². The molecule has 32 heavy (non-hydrogen) atoms. The monoisotopic (exact) mass is 474 g/mol. The molecule has 0 aliphatic heterocycles. The lowest BCUT2D eigenvalue weighted by Gasteiger charge is -2.16. The molecule has 5 N–H and O–H groups in total. The van der Waals surface area contributed by atoms with Crippen LogP contribution < -0.4 is 16.4 Å². The van der Waals surface area contributed by atoms with Crippen LogP contribution in [0.5, 0.6) is 0 Å². The minimum Gasteiger partial charge on any atom is -0.480 e. The second-order valence-electron chi connectivity index (χ2n) is 6.79. The average Bonchev–Trinajstić information content (AvgIpc) is 3.42. The van der Waals surface area contributed by atoms with Crippen LogP contribution in [0.2, 0.25) is 0 Å². The largest absolute Gasteiger partial charge is 0.480 e. The van der Waals surface area contributed by atoms with Crippen LogP contribution in [0.1, 0.15) is 22.5 Å². The molecule has 11 heteroatoms. The van der Waals surface area contributed by atoms with Gasteiger partial charge in [-0.25, -0.2) is 9.78 Å². The van der Waals surface area contributed by atoms with Crippen LogP contribution in [0.15, 0.2) is 46.4 Å². The topological polar surface area (TPSA) is 148 Å². The molecule has 0 aliphatic carbocycles. The first kappa shape index (κ1) is 23.4. The number of benzene rings is 1. The molecule has 3 aromatic rings. The average molecular weight is 475 g/mol. The van der Waals surface area contributed by atoms with Gasteiger partial charge in [0.25, 0.3) is 5.91 Å². The highest BCUT2D eigenvalue weighted by Gasteiger charge is 2.23. The Labute approximate surface area is 192 Å². The van der Waals surface area contributed by atoms with Gasteiger partial charge in [0.15, 0.2) is 5.13 Å². The first-order chi connectivity index (χ1) is 15.4. The maximum Gasteiger partial charge on any atom is 0.326 e. The third-order valence-electron chi connectivity index (χ3n) is 4.46. The van der Waals surface area contributed by atoms with Crippen LogP contribution in [-0.4, -0.2) is 45.9 Å². The van der Waals surface area contributed by atoms with Gasteiger partial charge in [-0.2, -0.15) is 11.8 Å². The summed E-state index contributed by atoms with van der Waals surface area (Å²) in [6.45, 7) is 0. The molecule has 0 aliphatic rings. The van der Waals surface area contributed by atoms with E-state index < -0.39 is 17.9 Å². The molecular formula is C21H22N4O5S2. The van der Waals surface area contributed by atoms with Crippen molar-refractivity contribution in [3.63, 3.8) is 0 Å². The van der Waals surface area contributed by atoms with Gasteiger partial charge >= 0.3 is 5.97 Å². The number of thioether (sulfide) groups is 1. The summed E-state index contributed by atoms with van der Waals surface area (Å²) >= 11 is 2.76. The number of rotatable bonds is 10. The van der Waals surface area contributed by atoms with Crippen molar-refractivity contribution in [3.8, 4) is 11.3 Å². The van der Waals surface area contributed by atoms with Gasteiger partial charge in [-0.1, -0.05) is 0 Å². The van der Waals surface area contributed by atoms with Crippen LogP contribution in [-0.2, 0) is 16.0 Å². The smallest absolute Gasteiger partial charge is 0.326 e. The summed E-state index contributed by atoms with van der Waals surface area (Å²) in [5.41, 5.74) is 7.28. The molecule has 0 unspecified atom stereocenters. The lowest BCUT2D eigenvalue weighted by Crippen LogP contribution is -2.41. The molecule has 0 saturated heterocycles. The van der Waals surface area contributed by atoms with Crippen LogP contribution in [0.3, 0.4) is 0 Å². The predicted molar refractivity (Wildman–Crippen MR) is 125 cm³/mol. The second kappa shape index (κ2) is 10.8. The number of thiazole rings is 1. The lowest BCUT2D eigenvalue weighted by atomic mass is 10.0. The standard InChI is InChI=1S/C21H22N4O5S2/c1-31-8-6-16(20(28)29)25-19(27)14-5-4-12(9-15(14)17-3-2-7-30-17)23-18(26)10-13-11-32-21(22)24-13/h2-5,7,9,11,16H,6,8,10H2,1H3,(H2,22,24)(H,23,26)(H,25,27)(H,28,29)/t16-/m0/s1. The number of amides is 2. The van der Waals surface area contributed by atoms with Crippen LogP contribution >= 0.6 is 23.1 Å². The van der Waals surface area contributed by atoms with Crippen molar-refractivity contribution >= 4 is 51.7 Å². The Morgan fingerprint density at radius 1 is 1.31 bits per heavy atom. The number of carboxylic acids is 1. The highest BCUT2D eigenvalue weighted by molar-refractivity contribution is 7.98. The van der Waals surface area contributed by atoms with Gasteiger partial charge in [0.2, 0.25) is 5.91 Å². The van der Waals surface area contributed by atoms with Gasteiger partial charge in [0, 0.05) is 16.6 Å². The number of hydrogen-bond acceptors (Lipinski definition) is 8. The molecule has 0 radical (unpaired) electrons. The van der Waals surface area contributed by atoms with Crippen molar-refractivity contribution in [2.45, 2.75) is 18.9 Å². The van der Waals surface area contributed by atoms with E-state index >= 15 is 0 Å². The molecule has 0 fully saturated rings. The Morgan fingerprint density at radius 2 is 2.12 bits per heavy atom. The third kappa shape index (κ3) is 6.11. The molecule has 3 rings (SSSR count). The SMILES string of the molecule is CSCC[C@H](NC(=O)c1ccc(NC(=O)Cc2csc(N)n2)cc1-c1ccco1)C(=O)O. The van der Waals surface area contributed by atoms with E-state index in [1.54, 1.807) is 29.6 Å². The van der Waals surface area contributed by atoms with Gasteiger partial charge in [-0.05, 0) is 48.8 Å². The number of nitrogens with two attached hydrogens (primary N) is 1. The first-order valence-corrected chi connectivity index (χ1v) is 11.8. The fourth-order valence-electron chi connectivity index (χ4n) is 2.96. The number of carboxylic acid groups (broad SMARTS) is 1. The summed E-state index contributed by atoms with van der Waals surface area (Å²) in [4.78, 5) is 40.8. The number of nitrogens with one attached hydrogen (secondary N) is 2. The number of nitrogens with zero attached hydrogens (tertiary/aromatic N) is 1. The van der Waals surface area contributed by atoms with Gasteiger partial charge < -0.3 is 25.9 Å². The zero-order valence-electron chi connectivity index (χ0n) is 17.2. The second-order valence-corrected chi connectivity index (χ2v) is 8.66. The normalized spacial score (nSPS) is 11.7. The first-order valence-electron chi connectivity index (χ1n) is 9.57. The summed E-state index contributed by atoms with van der Waals surface area (Å²) in [6, 6.07) is 7.05. The van der Waals surface area contributed by atoms with E-state index in [4.69, 9.17) is 10.2 Å². The Morgan fingerprint density at radius 3 is 2.75 bits per heavy atom. The molecule has 1 aromatic carbocycles. The van der Waals surface area contributed by atoms with Gasteiger partial charge in [-0.3, -0.25) is 9.59 Å². The molecule has 168 valence electrons. The highest BCUT2D eigenvalue weighted by atomic mass is 32.2. The molecule has 1 atom stereocenters. The van der Waals surface area contributed by atoms with Crippen molar-refractivity contribution in [2.24, 2.45) is 0 Å². The summed E-state index contributed by atoms with van der Waals surface area (Å²) in [7, 11) is 0. The summed E-state index contributed by atoms with van der Waals surface area (Å²) in [5, 5.41) is 16.9. The van der Waals surface area contributed by atoms with E-state index in [1.165, 1.54) is 35.4 Å². The van der Waals surface area contributed by atoms with E-state index in [1.807, 2.05) is 6.26 Å². The van der Waals surface area contributed by atoms with Crippen molar-refractivity contribution in [1.29, 1.82) is 0 Å². The number of hydrogen-bond donors (Lipinski definition) is 4. The van der Waals surface area contributed by atoms with Crippen molar-refractivity contribution in [3.05, 3.63) is 53.2 Å². The van der Waals surface area contributed by atoms with Gasteiger partial charge in [0.05, 0.1) is 23.9 Å². The number of carbonyl (C=O) groups excluding carboxylic acids is 2. The number of furan rings is 1. The Bertz CT molecular complexity index is 1100. The molecule has 2 amide bonds. The Balaban J connectivity index is 1.81. The number of aliphatic carboxylic acids is 1. The Hall–Kier alpha value is -3.31. The number of carbonyl (C=O) groups is 3. The zero-order chi connectivity index (χ0) is 23.1. The highest BCUT2D eigenvalue weighted by Crippen LogP contribution is 2.28. The molecule has 0 saturated carbocycles. The van der Waals surface area contributed by atoms with Gasteiger partial charge in [0.1, 0.15) is 11.8 Å². The number of nitrogen functional groups attached to an aromatic ring is 1. The van der Waals surface area contributed by atoms with Crippen LogP contribution in [0, 0.1) is 0 Å². The third-order valence-corrected chi connectivity index (χ3v) is 5.83. The minimum absolute atomic E-state index is 0.0573. The fraction of sp³-hybridized carbons (Fsp3) is 0.238. The number of anilines is 2. The summed E-state index contributed by atoms with van der Waals surface area (Å²) < 4.78 is 5.45.